The number of aromatic nitrogens is 1. The zero-order valence-corrected chi connectivity index (χ0v) is 12.0. The lowest BCUT2D eigenvalue weighted by atomic mass is 10.3. The molecule has 0 atom stereocenters. The summed E-state index contributed by atoms with van der Waals surface area (Å²) in [5.41, 5.74) is 0.837. The van der Waals surface area contributed by atoms with Crippen LogP contribution in [0.1, 0.15) is 12.6 Å². The highest BCUT2D eigenvalue weighted by Gasteiger charge is 2.25. The molecule has 0 aliphatic carbocycles. The zero-order valence-electron chi connectivity index (χ0n) is 11.2. The Balaban J connectivity index is 1.87. The Morgan fingerprint density at radius 2 is 2.05 bits per heavy atom. The van der Waals surface area contributed by atoms with Crippen LogP contribution in [0.25, 0.3) is 0 Å². The number of amides is 2. The van der Waals surface area contributed by atoms with E-state index in [0.717, 1.165) is 25.3 Å². The number of carbonyl (C=O) groups is 2. The highest BCUT2D eigenvalue weighted by molar-refractivity contribution is 7.14. The van der Waals surface area contributed by atoms with Crippen LogP contribution in [0, 0.1) is 6.92 Å². The van der Waals surface area contributed by atoms with Crippen LogP contribution in [-0.4, -0.2) is 59.3 Å². The smallest absolute Gasteiger partial charge is 0.315 e. The van der Waals surface area contributed by atoms with Crippen LogP contribution in [0.4, 0.5) is 5.13 Å². The fourth-order valence-corrected chi connectivity index (χ4v) is 2.66. The lowest BCUT2D eigenvalue weighted by Gasteiger charge is -2.33. The monoisotopic (exact) mass is 282 g/mol. The standard InChI is InChI=1S/C12H18N4O2S/c1-3-15-4-6-16(7-5-15)11(18)10(17)14-12-13-9(2)8-19-12/h8H,3-7H2,1-2H3,(H,13,14,17). The lowest BCUT2D eigenvalue weighted by Crippen LogP contribution is -2.51. The van der Waals surface area contributed by atoms with Crippen molar-refractivity contribution in [1.29, 1.82) is 0 Å². The van der Waals surface area contributed by atoms with Crippen LogP contribution in [0.15, 0.2) is 5.38 Å². The number of piperazine rings is 1. The van der Waals surface area contributed by atoms with Crippen molar-refractivity contribution >= 4 is 28.3 Å². The highest BCUT2D eigenvalue weighted by atomic mass is 32.1. The second-order valence-electron chi connectivity index (χ2n) is 4.47. The first kappa shape index (κ1) is 14.0. The second-order valence-corrected chi connectivity index (χ2v) is 5.33. The molecular weight excluding hydrogens is 264 g/mol. The van der Waals surface area contributed by atoms with Crippen molar-refractivity contribution in [3.63, 3.8) is 0 Å². The number of likely N-dealkylation sites (N-methyl/N-ethyl adjacent to an activating group) is 1. The number of anilines is 1. The van der Waals surface area contributed by atoms with Crippen molar-refractivity contribution < 1.29 is 9.59 Å². The van der Waals surface area contributed by atoms with Gasteiger partial charge in [0.1, 0.15) is 0 Å². The molecule has 0 spiro atoms. The van der Waals surface area contributed by atoms with Gasteiger partial charge in [-0.25, -0.2) is 4.98 Å². The predicted octanol–water partition coefficient (Wildman–Crippen LogP) is 0.554. The normalized spacial score (nSPS) is 16.4. The Morgan fingerprint density at radius 3 is 2.58 bits per heavy atom. The van der Waals surface area contributed by atoms with Gasteiger partial charge in [0.15, 0.2) is 5.13 Å². The molecule has 1 aliphatic rings. The van der Waals surface area contributed by atoms with Gasteiger partial charge in [-0.15, -0.1) is 11.3 Å². The van der Waals surface area contributed by atoms with E-state index in [1.807, 2.05) is 12.3 Å². The minimum absolute atomic E-state index is 0.469. The minimum Gasteiger partial charge on any atom is -0.332 e. The molecule has 1 aromatic rings. The zero-order chi connectivity index (χ0) is 13.8. The van der Waals surface area contributed by atoms with E-state index in [1.165, 1.54) is 11.3 Å². The number of carbonyl (C=O) groups excluding carboxylic acids is 2. The molecule has 1 N–H and O–H groups in total. The summed E-state index contributed by atoms with van der Waals surface area (Å²) in [6.45, 7) is 7.78. The third-order valence-corrected chi connectivity index (χ3v) is 4.02. The fraction of sp³-hybridized carbons (Fsp3) is 0.583. The summed E-state index contributed by atoms with van der Waals surface area (Å²) in [6, 6.07) is 0. The molecule has 6 nitrogen and oxygen atoms in total. The average Bonchev–Trinajstić information content (AvgIpc) is 2.83. The van der Waals surface area contributed by atoms with Crippen molar-refractivity contribution in [2.45, 2.75) is 13.8 Å². The van der Waals surface area contributed by atoms with Crippen LogP contribution in [0.5, 0.6) is 0 Å². The molecule has 1 aromatic heterocycles. The number of thiazole rings is 1. The summed E-state index contributed by atoms with van der Waals surface area (Å²) >= 11 is 1.32. The number of hydrogen-bond donors (Lipinski definition) is 1. The van der Waals surface area contributed by atoms with Crippen LogP contribution in [0.2, 0.25) is 0 Å². The van der Waals surface area contributed by atoms with Crippen LogP contribution < -0.4 is 5.32 Å². The summed E-state index contributed by atoms with van der Waals surface area (Å²) in [6.07, 6.45) is 0. The molecule has 7 heteroatoms. The average molecular weight is 282 g/mol. The van der Waals surface area contributed by atoms with Gasteiger partial charge < -0.3 is 9.80 Å². The Hall–Kier alpha value is -1.47. The second kappa shape index (κ2) is 6.12. The molecular formula is C12H18N4O2S. The van der Waals surface area contributed by atoms with E-state index in [-0.39, 0.29) is 0 Å². The fourth-order valence-electron chi connectivity index (χ4n) is 1.97. The predicted molar refractivity (Wildman–Crippen MR) is 74.2 cm³/mol. The van der Waals surface area contributed by atoms with Crippen molar-refractivity contribution in [2.24, 2.45) is 0 Å². The maximum atomic E-state index is 12.0. The molecule has 2 rings (SSSR count). The van der Waals surface area contributed by atoms with Gasteiger partial charge in [0.25, 0.3) is 0 Å². The number of rotatable bonds is 2. The van der Waals surface area contributed by atoms with Crippen molar-refractivity contribution in [1.82, 2.24) is 14.8 Å². The van der Waals surface area contributed by atoms with E-state index in [4.69, 9.17) is 0 Å². The molecule has 0 aromatic carbocycles. The van der Waals surface area contributed by atoms with E-state index >= 15 is 0 Å². The minimum atomic E-state index is -0.598. The maximum absolute atomic E-state index is 12.0. The maximum Gasteiger partial charge on any atom is 0.315 e. The molecule has 0 saturated carbocycles. The van der Waals surface area contributed by atoms with Crippen molar-refractivity contribution in [3.8, 4) is 0 Å². The summed E-state index contributed by atoms with van der Waals surface area (Å²) < 4.78 is 0. The highest BCUT2D eigenvalue weighted by Crippen LogP contribution is 2.14. The molecule has 2 amide bonds. The topological polar surface area (TPSA) is 65.5 Å². The first-order valence-electron chi connectivity index (χ1n) is 6.35. The number of nitrogens with one attached hydrogen (secondary N) is 1. The molecule has 1 saturated heterocycles. The molecule has 104 valence electrons. The van der Waals surface area contributed by atoms with Gasteiger partial charge in [0, 0.05) is 31.6 Å². The Kier molecular flexibility index (Phi) is 4.49. The molecule has 19 heavy (non-hydrogen) atoms. The SMILES string of the molecule is CCN1CCN(C(=O)C(=O)Nc2nc(C)cs2)CC1. The van der Waals surface area contributed by atoms with Gasteiger partial charge in [0.05, 0.1) is 5.69 Å². The van der Waals surface area contributed by atoms with Crippen molar-refractivity contribution in [2.75, 3.05) is 38.0 Å². The first-order chi connectivity index (χ1) is 9.10. The van der Waals surface area contributed by atoms with Gasteiger partial charge in [-0.3, -0.25) is 14.9 Å². The van der Waals surface area contributed by atoms with Gasteiger partial charge in [-0.2, -0.15) is 0 Å². The molecule has 0 bridgehead atoms. The van der Waals surface area contributed by atoms with Gasteiger partial charge in [0.2, 0.25) is 0 Å². The Labute approximate surface area is 116 Å². The van der Waals surface area contributed by atoms with Gasteiger partial charge in [-0.05, 0) is 13.5 Å². The molecule has 0 unspecified atom stereocenters. The third kappa shape index (κ3) is 3.51. The summed E-state index contributed by atoms with van der Waals surface area (Å²) in [4.78, 5) is 31.8. The number of hydrogen-bond acceptors (Lipinski definition) is 5. The molecule has 1 fully saturated rings. The van der Waals surface area contributed by atoms with E-state index in [2.05, 4.69) is 22.1 Å². The van der Waals surface area contributed by atoms with E-state index < -0.39 is 11.8 Å². The lowest BCUT2D eigenvalue weighted by molar-refractivity contribution is -0.144. The molecule has 0 radical (unpaired) electrons. The van der Waals surface area contributed by atoms with E-state index in [0.29, 0.717) is 18.2 Å². The van der Waals surface area contributed by atoms with Gasteiger partial charge >= 0.3 is 11.8 Å². The molecule has 2 heterocycles. The number of aryl methyl sites for hydroxylation is 1. The third-order valence-electron chi connectivity index (χ3n) is 3.14. The number of nitrogens with zero attached hydrogens (tertiary/aromatic N) is 3. The first-order valence-corrected chi connectivity index (χ1v) is 7.23. The van der Waals surface area contributed by atoms with E-state index in [9.17, 15) is 9.59 Å². The largest absolute Gasteiger partial charge is 0.332 e. The molecule has 1 aliphatic heterocycles. The van der Waals surface area contributed by atoms with Crippen LogP contribution in [0.3, 0.4) is 0 Å². The quantitative estimate of drug-likeness (QED) is 0.805. The van der Waals surface area contributed by atoms with Crippen LogP contribution >= 0.6 is 11.3 Å². The summed E-state index contributed by atoms with van der Waals surface area (Å²) in [7, 11) is 0. The Bertz CT molecular complexity index is 466. The Morgan fingerprint density at radius 1 is 1.37 bits per heavy atom. The van der Waals surface area contributed by atoms with E-state index in [1.54, 1.807) is 4.90 Å². The summed E-state index contributed by atoms with van der Waals surface area (Å²) in [5.74, 6) is -1.07. The van der Waals surface area contributed by atoms with Crippen LogP contribution in [-0.2, 0) is 9.59 Å². The van der Waals surface area contributed by atoms with Crippen molar-refractivity contribution in [3.05, 3.63) is 11.1 Å². The summed E-state index contributed by atoms with van der Waals surface area (Å²) in [5, 5.41) is 4.86. The van der Waals surface area contributed by atoms with Gasteiger partial charge in [-0.1, -0.05) is 6.92 Å².